The zero-order valence-corrected chi connectivity index (χ0v) is 11.6. The molecule has 0 bridgehead atoms. The lowest BCUT2D eigenvalue weighted by molar-refractivity contribution is 0.502. The second kappa shape index (κ2) is 5.36. The van der Waals surface area contributed by atoms with E-state index in [0.29, 0.717) is 0 Å². The summed E-state index contributed by atoms with van der Waals surface area (Å²) in [7, 11) is 0. The number of halogens is 1. The highest BCUT2D eigenvalue weighted by molar-refractivity contribution is 9.10. The van der Waals surface area contributed by atoms with Gasteiger partial charge in [0.15, 0.2) is 0 Å². The summed E-state index contributed by atoms with van der Waals surface area (Å²) in [6.07, 6.45) is 3.53. The Balaban J connectivity index is 2.26. The van der Waals surface area contributed by atoms with E-state index in [9.17, 15) is 0 Å². The molecule has 0 radical (unpaired) electrons. The monoisotopic (exact) mass is 294 g/mol. The molecule has 4 heteroatoms. The van der Waals surface area contributed by atoms with Gasteiger partial charge < -0.3 is 9.32 Å². The third-order valence-corrected chi connectivity index (χ3v) is 3.65. The van der Waals surface area contributed by atoms with Crippen LogP contribution in [0, 0.1) is 6.92 Å². The molecule has 3 nitrogen and oxygen atoms in total. The van der Waals surface area contributed by atoms with Crippen LogP contribution in [0.15, 0.2) is 39.5 Å². The molecule has 0 aliphatic heterocycles. The van der Waals surface area contributed by atoms with Crippen molar-refractivity contribution in [3.05, 3.63) is 46.5 Å². The average Bonchev–Trinajstić information content (AvgIpc) is 2.83. The number of aryl methyl sites for hydroxylation is 1. The molecular formula is C13H15BrN2O. The average molecular weight is 295 g/mol. The van der Waals surface area contributed by atoms with Gasteiger partial charge in [0.2, 0.25) is 0 Å². The van der Waals surface area contributed by atoms with Crippen molar-refractivity contribution in [3.8, 4) is 0 Å². The lowest BCUT2D eigenvalue weighted by Crippen LogP contribution is -2.23. The van der Waals surface area contributed by atoms with Gasteiger partial charge in [0.1, 0.15) is 11.6 Å². The van der Waals surface area contributed by atoms with Crippen molar-refractivity contribution in [1.29, 1.82) is 0 Å². The fraction of sp³-hybridized carbons (Fsp3) is 0.308. The Labute approximate surface area is 110 Å². The quantitative estimate of drug-likeness (QED) is 0.859. The van der Waals surface area contributed by atoms with E-state index in [4.69, 9.17) is 4.42 Å². The van der Waals surface area contributed by atoms with Crippen LogP contribution in [0.1, 0.15) is 18.2 Å². The molecule has 0 unspecified atom stereocenters. The Morgan fingerprint density at radius 2 is 2.24 bits per heavy atom. The van der Waals surface area contributed by atoms with Crippen LogP contribution >= 0.6 is 15.9 Å². The summed E-state index contributed by atoms with van der Waals surface area (Å²) in [6.45, 7) is 5.80. The van der Waals surface area contributed by atoms with Crippen LogP contribution in [-0.2, 0) is 6.54 Å². The third-order valence-electron chi connectivity index (χ3n) is 2.67. The van der Waals surface area contributed by atoms with Crippen LogP contribution < -0.4 is 4.90 Å². The number of pyridine rings is 1. The van der Waals surface area contributed by atoms with Crippen LogP contribution in [0.5, 0.6) is 0 Å². The van der Waals surface area contributed by atoms with E-state index < -0.39 is 0 Å². The molecule has 0 atom stereocenters. The van der Waals surface area contributed by atoms with Crippen molar-refractivity contribution in [2.24, 2.45) is 0 Å². The number of anilines is 1. The van der Waals surface area contributed by atoms with E-state index in [0.717, 1.165) is 29.1 Å². The molecule has 0 amide bonds. The zero-order valence-electron chi connectivity index (χ0n) is 9.98. The molecule has 0 saturated heterocycles. The minimum atomic E-state index is 0.735. The first-order valence-corrected chi connectivity index (χ1v) is 6.40. The topological polar surface area (TPSA) is 29.3 Å². The second-order valence-electron chi connectivity index (χ2n) is 3.86. The molecule has 90 valence electrons. The first-order chi connectivity index (χ1) is 8.22. The van der Waals surface area contributed by atoms with Crippen LogP contribution in [0.2, 0.25) is 0 Å². The molecule has 0 aromatic carbocycles. The van der Waals surface area contributed by atoms with Crippen molar-refractivity contribution in [2.45, 2.75) is 20.4 Å². The number of hydrogen-bond acceptors (Lipinski definition) is 3. The van der Waals surface area contributed by atoms with Crippen molar-refractivity contribution < 1.29 is 4.42 Å². The Morgan fingerprint density at radius 3 is 2.88 bits per heavy atom. The second-order valence-corrected chi connectivity index (χ2v) is 4.65. The lowest BCUT2D eigenvalue weighted by Gasteiger charge is -2.22. The summed E-state index contributed by atoms with van der Waals surface area (Å²) in [5.74, 6) is 1.91. The smallest absolute Gasteiger partial charge is 0.143 e. The van der Waals surface area contributed by atoms with Gasteiger partial charge in [-0.15, -0.1) is 0 Å². The number of aromatic nitrogens is 1. The van der Waals surface area contributed by atoms with Crippen molar-refractivity contribution in [1.82, 2.24) is 4.98 Å². The van der Waals surface area contributed by atoms with Crippen molar-refractivity contribution in [3.63, 3.8) is 0 Å². The number of furan rings is 1. The summed E-state index contributed by atoms with van der Waals surface area (Å²) in [5, 5.41) is 0. The molecule has 2 heterocycles. The van der Waals surface area contributed by atoms with Crippen LogP contribution in [-0.4, -0.2) is 11.5 Å². The van der Waals surface area contributed by atoms with Gasteiger partial charge >= 0.3 is 0 Å². The summed E-state index contributed by atoms with van der Waals surface area (Å²) < 4.78 is 6.42. The SMILES string of the molecule is CCN(Cc1ccco1)c1nccc(C)c1Br. The van der Waals surface area contributed by atoms with E-state index in [1.165, 1.54) is 5.56 Å². The minimum Gasteiger partial charge on any atom is -0.467 e. The van der Waals surface area contributed by atoms with Gasteiger partial charge in [-0.2, -0.15) is 0 Å². The lowest BCUT2D eigenvalue weighted by atomic mass is 10.3. The maximum atomic E-state index is 5.37. The van der Waals surface area contributed by atoms with E-state index >= 15 is 0 Å². The highest BCUT2D eigenvalue weighted by Gasteiger charge is 2.12. The van der Waals surface area contributed by atoms with Crippen LogP contribution in [0.25, 0.3) is 0 Å². The zero-order chi connectivity index (χ0) is 12.3. The van der Waals surface area contributed by atoms with Crippen molar-refractivity contribution in [2.75, 3.05) is 11.4 Å². The fourth-order valence-corrected chi connectivity index (χ4v) is 2.16. The molecule has 0 fully saturated rings. The summed E-state index contributed by atoms with van der Waals surface area (Å²) in [6, 6.07) is 5.88. The standard InChI is InChI=1S/C13H15BrN2O/c1-3-16(9-11-5-4-8-17-11)13-12(14)10(2)6-7-15-13/h4-8H,3,9H2,1-2H3. The fourth-order valence-electron chi connectivity index (χ4n) is 1.67. The van der Waals surface area contributed by atoms with Gasteiger partial charge in [0.05, 0.1) is 17.3 Å². The first-order valence-electron chi connectivity index (χ1n) is 5.60. The summed E-state index contributed by atoms with van der Waals surface area (Å²) in [5.41, 5.74) is 1.19. The maximum Gasteiger partial charge on any atom is 0.143 e. The minimum absolute atomic E-state index is 0.735. The van der Waals surface area contributed by atoms with Gasteiger partial charge in [0.25, 0.3) is 0 Å². The number of rotatable bonds is 4. The van der Waals surface area contributed by atoms with Gasteiger partial charge in [-0.1, -0.05) is 0 Å². The molecule has 17 heavy (non-hydrogen) atoms. The molecule has 0 aliphatic carbocycles. The van der Waals surface area contributed by atoms with Gasteiger partial charge in [0, 0.05) is 12.7 Å². The number of hydrogen-bond donors (Lipinski definition) is 0. The molecule has 2 rings (SSSR count). The largest absolute Gasteiger partial charge is 0.467 e. The van der Waals surface area contributed by atoms with Gasteiger partial charge in [-0.25, -0.2) is 4.98 Å². The number of nitrogens with zero attached hydrogens (tertiary/aromatic N) is 2. The Bertz CT molecular complexity index is 482. The molecule has 2 aromatic rings. The van der Waals surface area contributed by atoms with E-state index in [2.05, 4.69) is 39.7 Å². The molecule has 0 spiro atoms. The van der Waals surface area contributed by atoms with Gasteiger partial charge in [-0.3, -0.25) is 0 Å². The van der Waals surface area contributed by atoms with Crippen LogP contribution in [0.3, 0.4) is 0 Å². The Hall–Kier alpha value is -1.29. The molecule has 0 saturated carbocycles. The third kappa shape index (κ3) is 2.69. The summed E-state index contributed by atoms with van der Waals surface area (Å²) in [4.78, 5) is 6.60. The highest BCUT2D eigenvalue weighted by Crippen LogP contribution is 2.27. The van der Waals surface area contributed by atoms with E-state index in [1.54, 1.807) is 6.26 Å². The normalized spacial score (nSPS) is 10.5. The molecule has 0 N–H and O–H groups in total. The van der Waals surface area contributed by atoms with Gasteiger partial charge in [-0.05, 0) is 53.5 Å². The van der Waals surface area contributed by atoms with E-state index in [1.807, 2.05) is 24.4 Å². The maximum absolute atomic E-state index is 5.37. The summed E-state index contributed by atoms with van der Waals surface area (Å²) >= 11 is 3.59. The van der Waals surface area contributed by atoms with Crippen molar-refractivity contribution >= 4 is 21.7 Å². The Kier molecular flexibility index (Phi) is 3.84. The highest BCUT2D eigenvalue weighted by atomic mass is 79.9. The molecular weight excluding hydrogens is 280 g/mol. The first kappa shape index (κ1) is 12.2. The van der Waals surface area contributed by atoms with Crippen LogP contribution in [0.4, 0.5) is 5.82 Å². The Morgan fingerprint density at radius 1 is 1.41 bits per heavy atom. The van der Waals surface area contributed by atoms with E-state index in [-0.39, 0.29) is 0 Å². The predicted octanol–water partition coefficient (Wildman–Crippen LogP) is 3.77. The molecule has 0 aliphatic rings. The predicted molar refractivity (Wildman–Crippen MR) is 72.1 cm³/mol. The molecule has 2 aromatic heterocycles.